The molecular formula is C20H27ClN2O5S. The molecule has 1 N–H and O–H groups in total. The minimum Gasteiger partial charge on any atom is -0.465 e. The molecule has 2 atom stereocenters. The van der Waals surface area contributed by atoms with Crippen molar-refractivity contribution < 1.29 is 23.1 Å². The van der Waals surface area contributed by atoms with Crippen molar-refractivity contribution in [1.29, 1.82) is 0 Å². The summed E-state index contributed by atoms with van der Waals surface area (Å²) in [4.78, 5) is 12.9. The first-order valence-electron chi connectivity index (χ1n) is 10.2. The van der Waals surface area contributed by atoms with E-state index < -0.39 is 27.4 Å². The summed E-state index contributed by atoms with van der Waals surface area (Å²) in [5.41, 5.74) is 1.19. The van der Waals surface area contributed by atoms with Crippen LogP contribution < -0.4 is 0 Å². The maximum atomic E-state index is 13.3. The van der Waals surface area contributed by atoms with Crippen molar-refractivity contribution >= 4 is 27.7 Å². The van der Waals surface area contributed by atoms with Gasteiger partial charge in [0.15, 0.2) is 0 Å². The number of hydrogen-bond acceptors (Lipinski definition) is 4. The highest BCUT2D eigenvalue weighted by Crippen LogP contribution is 2.38. The Morgan fingerprint density at radius 3 is 2.28 bits per heavy atom. The van der Waals surface area contributed by atoms with Crippen LogP contribution in [-0.2, 0) is 14.8 Å². The topological polar surface area (TPSA) is 87.2 Å². The third kappa shape index (κ3) is 4.13. The Kier molecular flexibility index (Phi) is 6.06. The van der Waals surface area contributed by atoms with Crippen molar-refractivity contribution in [3.05, 3.63) is 34.9 Å². The fourth-order valence-corrected chi connectivity index (χ4v) is 7.25. The smallest absolute Gasteiger partial charge is 0.407 e. The number of hydrogen-bond donors (Lipinski definition) is 1. The minimum atomic E-state index is -3.54. The second-order valence-corrected chi connectivity index (χ2v) is 10.8. The van der Waals surface area contributed by atoms with Crippen molar-refractivity contribution in [3.63, 3.8) is 0 Å². The third-order valence-electron chi connectivity index (χ3n) is 6.65. The molecule has 3 aliphatic rings. The lowest BCUT2D eigenvalue weighted by Crippen LogP contribution is -2.69. The summed E-state index contributed by atoms with van der Waals surface area (Å²) < 4.78 is 33.6. The minimum absolute atomic E-state index is 0.0416. The lowest BCUT2D eigenvalue weighted by atomic mass is 9.84. The summed E-state index contributed by atoms with van der Waals surface area (Å²) in [6, 6.07) is 7.29. The van der Waals surface area contributed by atoms with Gasteiger partial charge in [0.2, 0.25) is 10.0 Å². The Hall–Kier alpha value is -1.35. The number of nitrogens with zero attached hydrogens (tertiary/aromatic N) is 2. The van der Waals surface area contributed by atoms with E-state index in [-0.39, 0.29) is 12.5 Å². The van der Waals surface area contributed by atoms with Gasteiger partial charge in [-0.3, -0.25) is 0 Å². The molecule has 3 heterocycles. The molecule has 3 saturated heterocycles. The zero-order valence-electron chi connectivity index (χ0n) is 16.2. The van der Waals surface area contributed by atoms with Crippen LogP contribution in [0.3, 0.4) is 0 Å². The molecule has 9 heteroatoms. The van der Waals surface area contributed by atoms with Gasteiger partial charge in [-0.2, -0.15) is 0 Å². The van der Waals surface area contributed by atoms with Crippen LogP contribution in [0.25, 0.3) is 0 Å². The average Bonchev–Trinajstić information content (AvgIpc) is 2.68. The fourth-order valence-electron chi connectivity index (χ4n) is 4.95. The molecular weight excluding hydrogens is 416 g/mol. The molecule has 4 rings (SSSR count). The van der Waals surface area contributed by atoms with Gasteiger partial charge in [-0.1, -0.05) is 23.7 Å². The maximum Gasteiger partial charge on any atom is 0.407 e. The number of rotatable bonds is 4. The Labute approximate surface area is 176 Å². The highest BCUT2D eigenvalue weighted by Gasteiger charge is 2.54. The van der Waals surface area contributed by atoms with E-state index in [2.05, 4.69) is 0 Å². The number of halogens is 1. The monoisotopic (exact) mass is 442 g/mol. The summed E-state index contributed by atoms with van der Waals surface area (Å²) in [6.07, 6.45) is 1.91. The summed E-state index contributed by atoms with van der Waals surface area (Å²) in [6.45, 7) is 2.14. The van der Waals surface area contributed by atoms with E-state index in [1.807, 2.05) is 24.3 Å². The van der Waals surface area contributed by atoms with E-state index >= 15 is 0 Å². The lowest BCUT2D eigenvalue weighted by molar-refractivity contribution is -0.00573. The van der Waals surface area contributed by atoms with Crippen molar-refractivity contribution in [2.45, 2.75) is 42.9 Å². The normalized spacial score (nSPS) is 27.6. The van der Waals surface area contributed by atoms with Crippen molar-refractivity contribution in [2.24, 2.45) is 5.92 Å². The Morgan fingerprint density at radius 1 is 1.07 bits per heavy atom. The predicted molar refractivity (Wildman–Crippen MR) is 110 cm³/mol. The van der Waals surface area contributed by atoms with Crippen LogP contribution in [0.4, 0.5) is 4.79 Å². The number of amides is 1. The molecule has 0 bridgehead atoms. The Balaban J connectivity index is 1.44. The highest BCUT2D eigenvalue weighted by atomic mass is 35.5. The van der Waals surface area contributed by atoms with Gasteiger partial charge >= 0.3 is 6.09 Å². The number of piperidine rings is 1. The molecule has 160 valence electrons. The van der Waals surface area contributed by atoms with Gasteiger partial charge in [0.05, 0.1) is 6.04 Å². The van der Waals surface area contributed by atoms with Gasteiger partial charge < -0.3 is 14.7 Å². The van der Waals surface area contributed by atoms with E-state index in [9.17, 15) is 18.3 Å². The zero-order chi connectivity index (χ0) is 20.6. The fraction of sp³-hybridized carbons (Fsp3) is 0.650. The first-order valence-corrected chi connectivity index (χ1v) is 12.1. The number of likely N-dealkylation sites (tertiary alicyclic amines) is 1. The van der Waals surface area contributed by atoms with Gasteiger partial charge in [-0.05, 0) is 55.2 Å². The van der Waals surface area contributed by atoms with E-state index in [0.717, 1.165) is 12.8 Å². The molecule has 0 radical (unpaired) electrons. The molecule has 3 aliphatic heterocycles. The van der Waals surface area contributed by atoms with E-state index in [1.54, 1.807) is 4.31 Å². The maximum absolute atomic E-state index is 13.3. The SMILES string of the molecule is O=C(O)N1CC(S(=O)(=O)N2CCC(c3ccc(Cl)cc3)CC2)C1C1CCOCC1. The summed E-state index contributed by atoms with van der Waals surface area (Å²) in [5, 5.41) is 9.54. The van der Waals surface area contributed by atoms with Crippen LogP contribution in [0.1, 0.15) is 37.2 Å². The first kappa shape index (κ1) is 20.9. The molecule has 1 amide bonds. The van der Waals surface area contributed by atoms with Crippen molar-refractivity contribution in [1.82, 2.24) is 9.21 Å². The number of ether oxygens (including phenoxy) is 1. The molecule has 0 aliphatic carbocycles. The quantitative estimate of drug-likeness (QED) is 0.774. The number of carboxylic acid groups (broad SMARTS) is 1. The molecule has 1 aromatic carbocycles. The van der Waals surface area contributed by atoms with Crippen LogP contribution in [-0.4, -0.2) is 73.0 Å². The number of carbonyl (C=O) groups is 1. The van der Waals surface area contributed by atoms with E-state index in [4.69, 9.17) is 16.3 Å². The molecule has 0 aromatic heterocycles. The molecule has 7 nitrogen and oxygen atoms in total. The van der Waals surface area contributed by atoms with Crippen LogP contribution in [0.5, 0.6) is 0 Å². The van der Waals surface area contributed by atoms with Gasteiger partial charge in [0, 0.05) is 37.9 Å². The van der Waals surface area contributed by atoms with E-state index in [0.29, 0.717) is 50.1 Å². The molecule has 29 heavy (non-hydrogen) atoms. The van der Waals surface area contributed by atoms with Gasteiger partial charge in [-0.25, -0.2) is 17.5 Å². The molecule has 3 fully saturated rings. The van der Waals surface area contributed by atoms with Gasteiger partial charge in [-0.15, -0.1) is 0 Å². The largest absolute Gasteiger partial charge is 0.465 e. The predicted octanol–water partition coefficient (Wildman–Crippen LogP) is 3.01. The van der Waals surface area contributed by atoms with Crippen LogP contribution in [0, 0.1) is 5.92 Å². The summed E-state index contributed by atoms with van der Waals surface area (Å²) >= 11 is 5.96. The van der Waals surface area contributed by atoms with Gasteiger partial charge in [0.1, 0.15) is 5.25 Å². The highest BCUT2D eigenvalue weighted by molar-refractivity contribution is 7.89. The standard InChI is InChI=1S/C20H27ClN2O5S/c21-17-3-1-14(2-4-17)15-5-9-22(10-6-15)29(26,27)18-13-23(20(24)25)19(18)16-7-11-28-12-8-16/h1-4,15-16,18-19H,5-13H2,(H,24,25). The first-order chi connectivity index (χ1) is 13.9. The van der Waals surface area contributed by atoms with Gasteiger partial charge in [0.25, 0.3) is 0 Å². The summed E-state index contributed by atoms with van der Waals surface area (Å²) in [7, 11) is -3.54. The molecule has 2 unspecified atom stereocenters. The lowest BCUT2D eigenvalue weighted by Gasteiger charge is -2.51. The third-order valence-corrected chi connectivity index (χ3v) is 9.18. The molecule has 1 aromatic rings. The Bertz CT molecular complexity index is 833. The van der Waals surface area contributed by atoms with Crippen LogP contribution >= 0.6 is 11.6 Å². The number of benzene rings is 1. The number of sulfonamides is 1. The Morgan fingerprint density at radius 2 is 1.69 bits per heavy atom. The summed E-state index contributed by atoms with van der Waals surface area (Å²) in [5.74, 6) is 0.363. The molecule has 0 spiro atoms. The average molecular weight is 443 g/mol. The van der Waals surface area contributed by atoms with E-state index in [1.165, 1.54) is 10.5 Å². The van der Waals surface area contributed by atoms with Crippen LogP contribution in [0.2, 0.25) is 5.02 Å². The van der Waals surface area contributed by atoms with Crippen molar-refractivity contribution in [3.8, 4) is 0 Å². The second kappa shape index (κ2) is 8.41. The van der Waals surface area contributed by atoms with Crippen molar-refractivity contribution in [2.75, 3.05) is 32.8 Å². The zero-order valence-corrected chi connectivity index (χ0v) is 17.8. The second-order valence-electron chi connectivity index (χ2n) is 8.18. The molecule has 0 saturated carbocycles. The van der Waals surface area contributed by atoms with Crippen LogP contribution in [0.15, 0.2) is 24.3 Å².